The number of amides is 1. The molecule has 1 amide bonds. The first-order valence-corrected chi connectivity index (χ1v) is 5.19. The topological polar surface area (TPSA) is 76.2 Å². The summed E-state index contributed by atoms with van der Waals surface area (Å²) in [5.74, 6) is 4.81. The van der Waals surface area contributed by atoms with Gasteiger partial charge in [-0.3, -0.25) is 14.9 Å². The van der Waals surface area contributed by atoms with Crippen molar-refractivity contribution >= 4 is 5.91 Å². The fourth-order valence-electron chi connectivity index (χ4n) is 1.62. The van der Waals surface area contributed by atoms with Gasteiger partial charge in [0, 0.05) is 37.8 Å². The second-order valence-corrected chi connectivity index (χ2v) is 4.13. The summed E-state index contributed by atoms with van der Waals surface area (Å²) in [6.07, 6.45) is 3.79. The zero-order chi connectivity index (χ0) is 12.1. The molecule has 1 heterocycles. The summed E-state index contributed by atoms with van der Waals surface area (Å²) in [6.45, 7) is 3.29. The highest BCUT2D eigenvalue weighted by atomic mass is 16.2. The van der Waals surface area contributed by atoms with Crippen LogP contribution in [-0.2, 0) is 18.4 Å². The maximum Gasteiger partial charge on any atom is 0.237 e. The second-order valence-electron chi connectivity index (χ2n) is 4.13. The van der Waals surface area contributed by atoms with Gasteiger partial charge in [-0.2, -0.15) is 5.10 Å². The van der Waals surface area contributed by atoms with Crippen molar-refractivity contribution in [3.8, 4) is 0 Å². The molecule has 0 aliphatic rings. The fourth-order valence-corrected chi connectivity index (χ4v) is 1.62. The first-order valence-electron chi connectivity index (χ1n) is 5.19. The SMILES string of the molecule is CC(CN(C)Cc1cnn(C)c1)C(=O)NN. The molecule has 1 aromatic rings. The number of aryl methyl sites for hydroxylation is 1. The Morgan fingerprint density at radius 3 is 2.94 bits per heavy atom. The van der Waals surface area contributed by atoms with E-state index in [1.54, 1.807) is 4.68 Å². The Hall–Kier alpha value is -1.40. The molecule has 90 valence electrons. The zero-order valence-electron chi connectivity index (χ0n) is 9.97. The van der Waals surface area contributed by atoms with Crippen LogP contribution in [0.25, 0.3) is 0 Å². The number of aromatic nitrogens is 2. The fraction of sp³-hybridized carbons (Fsp3) is 0.600. The molecule has 0 spiro atoms. The summed E-state index contributed by atoms with van der Waals surface area (Å²) in [5.41, 5.74) is 3.29. The van der Waals surface area contributed by atoms with Crippen LogP contribution >= 0.6 is 0 Å². The predicted molar refractivity (Wildman–Crippen MR) is 61.0 cm³/mol. The quantitative estimate of drug-likeness (QED) is 0.401. The van der Waals surface area contributed by atoms with Crippen molar-refractivity contribution < 1.29 is 4.79 Å². The van der Waals surface area contributed by atoms with Crippen molar-refractivity contribution in [1.82, 2.24) is 20.1 Å². The van der Waals surface area contributed by atoms with E-state index >= 15 is 0 Å². The molecule has 0 saturated heterocycles. The van der Waals surface area contributed by atoms with E-state index in [1.165, 1.54) is 0 Å². The molecule has 0 saturated carbocycles. The van der Waals surface area contributed by atoms with Crippen molar-refractivity contribution in [2.24, 2.45) is 18.8 Å². The van der Waals surface area contributed by atoms with E-state index in [0.29, 0.717) is 6.54 Å². The number of carbonyl (C=O) groups is 1. The Labute approximate surface area is 95.4 Å². The summed E-state index contributed by atoms with van der Waals surface area (Å²) < 4.78 is 1.76. The summed E-state index contributed by atoms with van der Waals surface area (Å²) in [6, 6.07) is 0. The number of nitrogens with two attached hydrogens (primary N) is 1. The van der Waals surface area contributed by atoms with Crippen LogP contribution < -0.4 is 11.3 Å². The Morgan fingerprint density at radius 1 is 1.75 bits per heavy atom. The minimum Gasteiger partial charge on any atom is -0.301 e. The minimum atomic E-state index is -0.141. The number of carbonyl (C=O) groups excluding carboxylic acids is 1. The number of hydrogen-bond donors (Lipinski definition) is 2. The van der Waals surface area contributed by atoms with E-state index in [9.17, 15) is 4.79 Å². The molecule has 1 rings (SSSR count). The normalized spacial score (nSPS) is 12.8. The van der Waals surface area contributed by atoms with E-state index in [4.69, 9.17) is 5.84 Å². The smallest absolute Gasteiger partial charge is 0.237 e. The van der Waals surface area contributed by atoms with Crippen LogP contribution in [0.4, 0.5) is 0 Å². The molecule has 6 heteroatoms. The molecule has 0 fully saturated rings. The average Bonchev–Trinajstić information content (AvgIpc) is 2.62. The molecule has 0 aliphatic heterocycles. The Kier molecular flexibility index (Phi) is 4.45. The zero-order valence-corrected chi connectivity index (χ0v) is 9.97. The first kappa shape index (κ1) is 12.7. The van der Waals surface area contributed by atoms with Crippen molar-refractivity contribution in [1.29, 1.82) is 0 Å². The predicted octanol–water partition coefficient (Wildman–Crippen LogP) is -0.522. The highest BCUT2D eigenvalue weighted by molar-refractivity contribution is 5.77. The maximum atomic E-state index is 11.2. The summed E-state index contributed by atoms with van der Waals surface area (Å²) in [7, 11) is 3.85. The van der Waals surface area contributed by atoms with E-state index in [1.807, 2.05) is 33.4 Å². The molecule has 0 radical (unpaired) electrons. The van der Waals surface area contributed by atoms with Crippen LogP contribution in [0.2, 0.25) is 0 Å². The lowest BCUT2D eigenvalue weighted by atomic mass is 10.1. The van der Waals surface area contributed by atoms with Gasteiger partial charge in [0.2, 0.25) is 5.91 Å². The van der Waals surface area contributed by atoms with E-state index in [0.717, 1.165) is 12.1 Å². The van der Waals surface area contributed by atoms with Crippen LogP contribution in [0.15, 0.2) is 12.4 Å². The molecule has 1 atom stereocenters. The first-order chi connectivity index (χ1) is 7.52. The van der Waals surface area contributed by atoms with Gasteiger partial charge >= 0.3 is 0 Å². The molecule has 1 unspecified atom stereocenters. The average molecular weight is 225 g/mol. The molecular weight excluding hydrogens is 206 g/mol. The molecule has 6 nitrogen and oxygen atoms in total. The van der Waals surface area contributed by atoms with Gasteiger partial charge in [-0.1, -0.05) is 6.92 Å². The van der Waals surface area contributed by atoms with E-state index in [-0.39, 0.29) is 11.8 Å². The van der Waals surface area contributed by atoms with E-state index < -0.39 is 0 Å². The number of nitrogens with one attached hydrogen (secondary N) is 1. The number of hydrazine groups is 1. The van der Waals surface area contributed by atoms with Gasteiger partial charge in [0.25, 0.3) is 0 Å². The van der Waals surface area contributed by atoms with E-state index in [2.05, 4.69) is 15.4 Å². The highest BCUT2D eigenvalue weighted by Gasteiger charge is 2.14. The Balaban J connectivity index is 2.41. The number of nitrogens with zero attached hydrogens (tertiary/aromatic N) is 3. The maximum absolute atomic E-state index is 11.2. The third-order valence-electron chi connectivity index (χ3n) is 2.39. The molecule has 1 aromatic heterocycles. The largest absolute Gasteiger partial charge is 0.301 e. The van der Waals surface area contributed by atoms with Crippen LogP contribution in [0.5, 0.6) is 0 Å². The summed E-state index contributed by atoms with van der Waals surface area (Å²) >= 11 is 0. The lowest BCUT2D eigenvalue weighted by molar-refractivity contribution is -0.125. The standard InChI is InChI=1S/C10H19N5O/c1-8(10(16)13-11)5-14(2)6-9-4-12-15(3)7-9/h4,7-8H,5-6,11H2,1-3H3,(H,13,16). The molecule has 0 bridgehead atoms. The third kappa shape index (κ3) is 3.63. The Bertz CT molecular complexity index is 349. The summed E-state index contributed by atoms with van der Waals surface area (Å²) in [4.78, 5) is 13.3. The number of rotatable bonds is 5. The van der Waals surface area contributed by atoms with Gasteiger partial charge < -0.3 is 4.90 Å². The van der Waals surface area contributed by atoms with Crippen molar-refractivity contribution in [2.45, 2.75) is 13.5 Å². The molecular formula is C10H19N5O. The molecule has 16 heavy (non-hydrogen) atoms. The second kappa shape index (κ2) is 5.62. The van der Waals surface area contributed by atoms with Gasteiger partial charge in [-0.25, -0.2) is 5.84 Å². The van der Waals surface area contributed by atoms with Crippen LogP contribution in [-0.4, -0.2) is 34.2 Å². The van der Waals surface area contributed by atoms with Crippen LogP contribution in [0.1, 0.15) is 12.5 Å². The molecule has 0 aliphatic carbocycles. The van der Waals surface area contributed by atoms with Gasteiger partial charge in [0.15, 0.2) is 0 Å². The van der Waals surface area contributed by atoms with Crippen molar-refractivity contribution in [3.05, 3.63) is 18.0 Å². The minimum absolute atomic E-state index is 0.119. The number of hydrogen-bond acceptors (Lipinski definition) is 4. The summed E-state index contributed by atoms with van der Waals surface area (Å²) in [5, 5.41) is 4.09. The third-order valence-corrected chi connectivity index (χ3v) is 2.39. The van der Waals surface area contributed by atoms with Crippen LogP contribution in [0, 0.1) is 5.92 Å². The Morgan fingerprint density at radius 2 is 2.44 bits per heavy atom. The van der Waals surface area contributed by atoms with Gasteiger partial charge in [0.1, 0.15) is 0 Å². The van der Waals surface area contributed by atoms with Gasteiger partial charge in [0.05, 0.1) is 6.20 Å². The lowest BCUT2D eigenvalue weighted by Gasteiger charge is -2.19. The van der Waals surface area contributed by atoms with Crippen molar-refractivity contribution in [2.75, 3.05) is 13.6 Å². The van der Waals surface area contributed by atoms with Crippen LogP contribution in [0.3, 0.4) is 0 Å². The molecule has 3 N–H and O–H groups in total. The monoisotopic (exact) mass is 225 g/mol. The van der Waals surface area contributed by atoms with Gasteiger partial charge in [-0.15, -0.1) is 0 Å². The highest BCUT2D eigenvalue weighted by Crippen LogP contribution is 2.04. The van der Waals surface area contributed by atoms with Crippen molar-refractivity contribution in [3.63, 3.8) is 0 Å². The lowest BCUT2D eigenvalue weighted by Crippen LogP contribution is -2.39. The molecule has 0 aromatic carbocycles. The van der Waals surface area contributed by atoms with Gasteiger partial charge in [-0.05, 0) is 7.05 Å².